The largest absolute Gasteiger partial charge is 0.395 e. The van der Waals surface area contributed by atoms with E-state index in [1.807, 2.05) is 25.2 Å². The second-order valence-corrected chi connectivity index (χ2v) is 5.90. The first-order chi connectivity index (χ1) is 9.76. The third-order valence-electron chi connectivity index (χ3n) is 4.31. The average Bonchev–Trinajstić information content (AvgIpc) is 2.39. The maximum atomic E-state index is 9.21. The Kier molecular flexibility index (Phi) is 6.30. The van der Waals surface area contributed by atoms with Gasteiger partial charge in [0.15, 0.2) is 0 Å². The molecule has 1 aromatic rings. The topological polar surface area (TPSA) is 35.5 Å². The molecule has 0 aromatic heterocycles. The highest BCUT2D eigenvalue weighted by Crippen LogP contribution is 2.28. The van der Waals surface area contributed by atoms with Gasteiger partial charge in [-0.25, -0.2) is 0 Å². The molecule has 1 aliphatic rings. The zero-order valence-electron chi connectivity index (χ0n) is 12.2. The lowest BCUT2D eigenvalue weighted by molar-refractivity contribution is 0.0972. The number of aliphatic hydroxyl groups is 1. The Morgan fingerprint density at radius 1 is 1.35 bits per heavy atom. The van der Waals surface area contributed by atoms with Crippen molar-refractivity contribution in [2.75, 3.05) is 26.7 Å². The van der Waals surface area contributed by atoms with Crippen molar-refractivity contribution in [3.8, 4) is 0 Å². The number of benzene rings is 1. The Hall–Kier alpha value is -0.610. The Morgan fingerprint density at radius 2 is 2.10 bits per heavy atom. The molecule has 112 valence electrons. The van der Waals surface area contributed by atoms with Gasteiger partial charge in [-0.05, 0) is 37.9 Å². The summed E-state index contributed by atoms with van der Waals surface area (Å²) < 4.78 is 0. The predicted octanol–water partition coefficient (Wildman–Crippen LogP) is 2.84. The zero-order valence-corrected chi connectivity index (χ0v) is 12.9. The molecule has 1 fully saturated rings. The monoisotopic (exact) mass is 296 g/mol. The molecule has 0 saturated heterocycles. The molecule has 1 saturated carbocycles. The number of aliphatic hydroxyl groups excluding tert-OH is 1. The molecule has 20 heavy (non-hydrogen) atoms. The molecule has 0 amide bonds. The van der Waals surface area contributed by atoms with E-state index < -0.39 is 0 Å². The normalized spacial score (nSPS) is 17.2. The predicted molar refractivity (Wildman–Crippen MR) is 84.2 cm³/mol. The molecule has 1 unspecified atom stereocenters. The Labute approximate surface area is 126 Å². The van der Waals surface area contributed by atoms with Crippen molar-refractivity contribution in [3.63, 3.8) is 0 Å². The van der Waals surface area contributed by atoms with Crippen LogP contribution in [-0.2, 0) is 0 Å². The minimum absolute atomic E-state index is 0.243. The highest BCUT2D eigenvalue weighted by Gasteiger charge is 2.25. The van der Waals surface area contributed by atoms with Crippen LogP contribution in [0.5, 0.6) is 0 Å². The van der Waals surface area contributed by atoms with E-state index in [-0.39, 0.29) is 12.6 Å². The maximum Gasteiger partial charge on any atom is 0.0558 e. The zero-order chi connectivity index (χ0) is 14.4. The lowest BCUT2D eigenvalue weighted by Gasteiger charge is -2.38. The smallest absolute Gasteiger partial charge is 0.0558 e. The summed E-state index contributed by atoms with van der Waals surface area (Å²) in [6, 6.07) is 8.96. The molecule has 0 aliphatic heterocycles. The molecule has 1 aliphatic carbocycles. The summed E-state index contributed by atoms with van der Waals surface area (Å²) in [6.07, 6.45) is 4.88. The highest BCUT2D eigenvalue weighted by molar-refractivity contribution is 6.31. The van der Waals surface area contributed by atoms with E-state index in [2.05, 4.69) is 16.3 Å². The lowest BCUT2D eigenvalue weighted by atomic mass is 9.91. The van der Waals surface area contributed by atoms with Gasteiger partial charge in [-0.1, -0.05) is 36.2 Å². The van der Waals surface area contributed by atoms with Gasteiger partial charge in [0.2, 0.25) is 0 Å². The van der Waals surface area contributed by atoms with Crippen LogP contribution in [0, 0.1) is 0 Å². The van der Waals surface area contributed by atoms with E-state index in [1.165, 1.54) is 19.3 Å². The first-order valence-corrected chi connectivity index (χ1v) is 7.90. The lowest BCUT2D eigenvalue weighted by Crippen LogP contribution is -2.43. The van der Waals surface area contributed by atoms with Gasteiger partial charge in [-0.2, -0.15) is 0 Å². The quantitative estimate of drug-likeness (QED) is 0.774. The van der Waals surface area contributed by atoms with E-state index in [4.69, 9.17) is 11.6 Å². The summed E-state index contributed by atoms with van der Waals surface area (Å²) in [4.78, 5) is 2.42. The van der Waals surface area contributed by atoms with Crippen LogP contribution in [0.1, 0.15) is 37.3 Å². The van der Waals surface area contributed by atoms with Gasteiger partial charge in [0, 0.05) is 30.2 Å². The summed E-state index contributed by atoms with van der Waals surface area (Å²) in [5, 5.41) is 13.4. The maximum absolute atomic E-state index is 9.21. The molecular weight excluding hydrogens is 272 g/mol. The van der Waals surface area contributed by atoms with Crippen LogP contribution < -0.4 is 5.32 Å². The number of halogens is 1. The summed E-state index contributed by atoms with van der Waals surface area (Å²) in [7, 11) is 1.98. The molecular formula is C16H25ClN2O. The Morgan fingerprint density at radius 3 is 2.65 bits per heavy atom. The van der Waals surface area contributed by atoms with Crippen LogP contribution in [0.25, 0.3) is 0 Å². The average molecular weight is 297 g/mol. The van der Waals surface area contributed by atoms with Crippen molar-refractivity contribution < 1.29 is 5.11 Å². The number of hydrogen-bond donors (Lipinski definition) is 2. The first kappa shape index (κ1) is 15.8. The fraction of sp³-hybridized carbons (Fsp3) is 0.625. The van der Waals surface area contributed by atoms with Gasteiger partial charge in [0.1, 0.15) is 0 Å². The van der Waals surface area contributed by atoms with Gasteiger partial charge in [0.05, 0.1) is 6.61 Å². The Balaban J connectivity index is 1.93. The third kappa shape index (κ3) is 3.95. The van der Waals surface area contributed by atoms with E-state index in [1.54, 1.807) is 0 Å². The van der Waals surface area contributed by atoms with Gasteiger partial charge in [0.25, 0.3) is 0 Å². The molecule has 1 aromatic carbocycles. The molecule has 3 nitrogen and oxygen atoms in total. The van der Waals surface area contributed by atoms with Crippen LogP contribution >= 0.6 is 11.6 Å². The Bertz CT molecular complexity index is 409. The fourth-order valence-corrected chi connectivity index (χ4v) is 3.13. The SMILES string of the molecule is CNC(CCN(CCO)C1CCC1)c1ccccc1Cl. The van der Waals surface area contributed by atoms with Crippen LogP contribution in [0.2, 0.25) is 5.02 Å². The molecule has 0 bridgehead atoms. The van der Waals surface area contributed by atoms with Crippen LogP contribution in [0.3, 0.4) is 0 Å². The van der Waals surface area contributed by atoms with Crippen molar-refractivity contribution in [2.24, 2.45) is 0 Å². The van der Waals surface area contributed by atoms with Gasteiger partial charge >= 0.3 is 0 Å². The molecule has 1 atom stereocenters. The summed E-state index contributed by atoms with van der Waals surface area (Å²) >= 11 is 6.28. The second kappa shape index (κ2) is 7.99. The van der Waals surface area contributed by atoms with Crippen LogP contribution in [-0.4, -0.2) is 42.8 Å². The van der Waals surface area contributed by atoms with Crippen molar-refractivity contribution in [1.82, 2.24) is 10.2 Å². The number of nitrogens with one attached hydrogen (secondary N) is 1. The molecule has 0 spiro atoms. The van der Waals surface area contributed by atoms with Crippen molar-refractivity contribution in [3.05, 3.63) is 34.9 Å². The van der Waals surface area contributed by atoms with E-state index in [9.17, 15) is 5.11 Å². The summed E-state index contributed by atoms with van der Waals surface area (Å²) in [5.74, 6) is 0. The van der Waals surface area contributed by atoms with E-state index >= 15 is 0 Å². The van der Waals surface area contributed by atoms with Crippen LogP contribution in [0.4, 0.5) is 0 Å². The third-order valence-corrected chi connectivity index (χ3v) is 4.66. The minimum Gasteiger partial charge on any atom is -0.395 e. The molecule has 0 heterocycles. The van der Waals surface area contributed by atoms with Gasteiger partial charge in [-0.3, -0.25) is 4.90 Å². The number of nitrogens with zero attached hydrogens (tertiary/aromatic N) is 1. The van der Waals surface area contributed by atoms with Crippen molar-refractivity contribution in [1.29, 1.82) is 0 Å². The van der Waals surface area contributed by atoms with Crippen LogP contribution in [0.15, 0.2) is 24.3 Å². The molecule has 0 radical (unpaired) electrons. The summed E-state index contributed by atoms with van der Waals surface area (Å²) in [5.41, 5.74) is 1.16. The minimum atomic E-state index is 0.243. The van der Waals surface area contributed by atoms with Crippen molar-refractivity contribution in [2.45, 2.75) is 37.8 Å². The molecule has 2 rings (SSSR count). The first-order valence-electron chi connectivity index (χ1n) is 7.53. The second-order valence-electron chi connectivity index (χ2n) is 5.50. The van der Waals surface area contributed by atoms with E-state index in [0.29, 0.717) is 6.04 Å². The number of hydrogen-bond acceptors (Lipinski definition) is 3. The number of rotatable bonds is 8. The van der Waals surface area contributed by atoms with Crippen molar-refractivity contribution >= 4 is 11.6 Å². The molecule has 2 N–H and O–H groups in total. The summed E-state index contributed by atoms with van der Waals surface area (Å²) in [6.45, 7) is 2.03. The standard InChI is InChI=1S/C16H25ClN2O/c1-18-16(14-7-2-3-8-15(14)17)9-10-19(11-12-20)13-5-4-6-13/h2-3,7-8,13,16,18,20H,4-6,9-12H2,1H3. The van der Waals surface area contributed by atoms with Gasteiger partial charge < -0.3 is 10.4 Å². The highest BCUT2D eigenvalue weighted by atomic mass is 35.5. The molecule has 4 heteroatoms. The fourth-order valence-electron chi connectivity index (χ4n) is 2.87. The van der Waals surface area contributed by atoms with Gasteiger partial charge in [-0.15, -0.1) is 0 Å². The van der Waals surface area contributed by atoms with E-state index in [0.717, 1.165) is 30.1 Å².